The zero-order valence-corrected chi connectivity index (χ0v) is 10.8. The summed E-state index contributed by atoms with van der Waals surface area (Å²) >= 11 is 0. The average molecular weight is 235 g/mol. The largest absolute Gasteiger partial charge is 0.497 e. The van der Waals surface area contributed by atoms with Crippen molar-refractivity contribution in [3.63, 3.8) is 0 Å². The highest BCUT2D eigenvalue weighted by molar-refractivity contribution is 5.39. The van der Waals surface area contributed by atoms with Gasteiger partial charge < -0.3 is 15.2 Å². The van der Waals surface area contributed by atoms with Crippen LogP contribution in [-0.2, 0) is 5.60 Å². The van der Waals surface area contributed by atoms with Crippen molar-refractivity contribution in [1.82, 2.24) is 5.32 Å². The lowest BCUT2D eigenvalue weighted by atomic mass is 9.76. The van der Waals surface area contributed by atoms with Crippen LogP contribution in [0.4, 0.5) is 0 Å². The molecule has 17 heavy (non-hydrogen) atoms. The quantitative estimate of drug-likeness (QED) is 0.821. The molecule has 2 unspecified atom stereocenters. The molecule has 3 nitrogen and oxygen atoms in total. The van der Waals surface area contributed by atoms with Gasteiger partial charge in [-0.3, -0.25) is 0 Å². The Balaban J connectivity index is 2.38. The van der Waals surface area contributed by atoms with Gasteiger partial charge in [-0.2, -0.15) is 0 Å². The fourth-order valence-corrected chi connectivity index (χ4v) is 2.66. The van der Waals surface area contributed by atoms with Gasteiger partial charge in [-0.1, -0.05) is 13.0 Å². The summed E-state index contributed by atoms with van der Waals surface area (Å²) in [6, 6.07) is 5.91. The van der Waals surface area contributed by atoms with E-state index in [-0.39, 0.29) is 5.92 Å². The van der Waals surface area contributed by atoms with Gasteiger partial charge in [0.25, 0.3) is 0 Å². The fourth-order valence-electron chi connectivity index (χ4n) is 2.66. The van der Waals surface area contributed by atoms with Gasteiger partial charge in [-0.25, -0.2) is 0 Å². The standard InChI is InChI=1S/C14H21NO2/c1-10-8-12(17-3)4-5-13(10)14(16)6-7-15-9-11(14)2/h4-5,8,11,15-16H,6-7,9H2,1-3H3. The Morgan fingerprint density at radius 2 is 2.24 bits per heavy atom. The smallest absolute Gasteiger partial charge is 0.119 e. The van der Waals surface area contributed by atoms with Crippen LogP contribution in [0.2, 0.25) is 0 Å². The number of aliphatic hydroxyl groups is 1. The summed E-state index contributed by atoms with van der Waals surface area (Å²) in [7, 11) is 1.66. The van der Waals surface area contributed by atoms with Crippen molar-refractivity contribution in [3.8, 4) is 5.75 Å². The van der Waals surface area contributed by atoms with E-state index in [1.165, 1.54) is 0 Å². The maximum absolute atomic E-state index is 10.9. The van der Waals surface area contributed by atoms with Crippen molar-refractivity contribution in [2.75, 3.05) is 20.2 Å². The van der Waals surface area contributed by atoms with Crippen molar-refractivity contribution in [2.45, 2.75) is 25.9 Å². The minimum Gasteiger partial charge on any atom is -0.497 e. The first-order chi connectivity index (χ1) is 8.08. The van der Waals surface area contributed by atoms with E-state index in [0.717, 1.165) is 36.4 Å². The molecule has 2 atom stereocenters. The number of hydrogen-bond donors (Lipinski definition) is 2. The molecule has 1 fully saturated rings. The van der Waals surface area contributed by atoms with Crippen LogP contribution in [0.25, 0.3) is 0 Å². The number of aryl methyl sites for hydroxylation is 1. The van der Waals surface area contributed by atoms with Crippen molar-refractivity contribution in [1.29, 1.82) is 0 Å². The van der Waals surface area contributed by atoms with Gasteiger partial charge in [0.15, 0.2) is 0 Å². The highest BCUT2D eigenvalue weighted by Gasteiger charge is 2.38. The predicted molar refractivity (Wildman–Crippen MR) is 68.3 cm³/mol. The summed E-state index contributed by atoms with van der Waals surface area (Å²) < 4.78 is 5.20. The molecule has 0 bridgehead atoms. The topological polar surface area (TPSA) is 41.5 Å². The number of piperidine rings is 1. The van der Waals surface area contributed by atoms with Crippen molar-refractivity contribution in [3.05, 3.63) is 29.3 Å². The molecular formula is C14H21NO2. The molecule has 1 aromatic rings. The SMILES string of the molecule is COc1ccc(C2(O)CCNCC2C)c(C)c1. The molecule has 0 aliphatic carbocycles. The van der Waals surface area contributed by atoms with Gasteiger partial charge in [-0.15, -0.1) is 0 Å². The maximum atomic E-state index is 10.9. The maximum Gasteiger partial charge on any atom is 0.119 e. The number of rotatable bonds is 2. The third kappa shape index (κ3) is 2.17. The number of methoxy groups -OCH3 is 1. The summed E-state index contributed by atoms with van der Waals surface area (Å²) in [6.07, 6.45) is 0.765. The lowest BCUT2D eigenvalue weighted by Gasteiger charge is -2.40. The third-order valence-corrected chi connectivity index (χ3v) is 3.85. The number of benzene rings is 1. The molecule has 0 spiro atoms. The highest BCUT2D eigenvalue weighted by atomic mass is 16.5. The molecule has 1 aromatic carbocycles. The lowest BCUT2D eigenvalue weighted by Crippen LogP contribution is -2.47. The van der Waals surface area contributed by atoms with E-state index < -0.39 is 5.60 Å². The Bertz CT molecular complexity index is 405. The van der Waals surface area contributed by atoms with Crippen molar-refractivity contribution in [2.24, 2.45) is 5.92 Å². The van der Waals surface area contributed by atoms with E-state index in [2.05, 4.69) is 12.2 Å². The van der Waals surface area contributed by atoms with Gasteiger partial charge >= 0.3 is 0 Å². The molecule has 1 aliphatic heterocycles. The van der Waals surface area contributed by atoms with Gasteiger partial charge in [0.1, 0.15) is 5.75 Å². The van der Waals surface area contributed by atoms with E-state index in [1.807, 2.05) is 25.1 Å². The molecule has 1 saturated heterocycles. The molecule has 2 rings (SSSR count). The van der Waals surface area contributed by atoms with Crippen molar-refractivity contribution >= 4 is 0 Å². The summed E-state index contributed by atoms with van der Waals surface area (Å²) in [6.45, 7) is 5.86. The molecular weight excluding hydrogens is 214 g/mol. The molecule has 2 N–H and O–H groups in total. The van der Waals surface area contributed by atoms with E-state index in [1.54, 1.807) is 7.11 Å². The molecule has 94 valence electrons. The van der Waals surface area contributed by atoms with E-state index >= 15 is 0 Å². The molecule has 3 heteroatoms. The monoisotopic (exact) mass is 235 g/mol. The van der Waals surface area contributed by atoms with Gasteiger partial charge in [0, 0.05) is 12.5 Å². The van der Waals surface area contributed by atoms with Crippen molar-refractivity contribution < 1.29 is 9.84 Å². The van der Waals surface area contributed by atoms with Gasteiger partial charge in [0.05, 0.1) is 12.7 Å². The van der Waals surface area contributed by atoms with Crippen LogP contribution in [-0.4, -0.2) is 25.3 Å². The Labute approximate surface area is 103 Å². The summed E-state index contributed by atoms with van der Waals surface area (Å²) in [5.41, 5.74) is 1.43. The minimum absolute atomic E-state index is 0.225. The number of hydrogen-bond acceptors (Lipinski definition) is 3. The van der Waals surface area contributed by atoms with Crippen LogP contribution < -0.4 is 10.1 Å². The van der Waals surface area contributed by atoms with Gasteiger partial charge in [0.2, 0.25) is 0 Å². The lowest BCUT2D eigenvalue weighted by molar-refractivity contribution is -0.0397. The second-order valence-electron chi connectivity index (χ2n) is 4.96. The van der Waals surface area contributed by atoms with Gasteiger partial charge in [-0.05, 0) is 43.1 Å². The molecule has 0 radical (unpaired) electrons. The molecule has 0 saturated carbocycles. The fraction of sp³-hybridized carbons (Fsp3) is 0.571. The number of ether oxygens (including phenoxy) is 1. The summed E-state index contributed by atoms with van der Waals surface area (Å²) in [4.78, 5) is 0. The first-order valence-electron chi connectivity index (χ1n) is 6.16. The van der Waals surface area contributed by atoms with E-state index in [4.69, 9.17) is 4.74 Å². The summed E-state index contributed by atoms with van der Waals surface area (Å²) in [5.74, 6) is 1.07. The summed E-state index contributed by atoms with van der Waals surface area (Å²) in [5, 5.41) is 14.2. The minimum atomic E-state index is -0.707. The second-order valence-corrected chi connectivity index (χ2v) is 4.96. The molecule has 0 amide bonds. The van der Waals surface area contributed by atoms with Crippen LogP contribution in [0, 0.1) is 12.8 Å². The second kappa shape index (κ2) is 4.67. The highest BCUT2D eigenvalue weighted by Crippen LogP contribution is 2.37. The van der Waals surface area contributed by atoms with Crippen LogP contribution in [0.5, 0.6) is 5.75 Å². The molecule has 1 aliphatic rings. The third-order valence-electron chi connectivity index (χ3n) is 3.85. The van der Waals surface area contributed by atoms with Crippen LogP contribution >= 0.6 is 0 Å². The van der Waals surface area contributed by atoms with Crippen LogP contribution in [0.1, 0.15) is 24.5 Å². The zero-order chi connectivity index (χ0) is 12.5. The molecule has 0 aromatic heterocycles. The average Bonchev–Trinajstić information content (AvgIpc) is 2.32. The Kier molecular flexibility index (Phi) is 3.40. The van der Waals surface area contributed by atoms with Crippen LogP contribution in [0.15, 0.2) is 18.2 Å². The Morgan fingerprint density at radius 3 is 2.82 bits per heavy atom. The Morgan fingerprint density at radius 1 is 1.47 bits per heavy atom. The first-order valence-corrected chi connectivity index (χ1v) is 6.16. The van der Waals surface area contributed by atoms with E-state index in [0.29, 0.717) is 0 Å². The predicted octanol–water partition coefficient (Wildman–Crippen LogP) is 1.82. The van der Waals surface area contributed by atoms with Crippen LogP contribution in [0.3, 0.4) is 0 Å². The van der Waals surface area contributed by atoms with E-state index in [9.17, 15) is 5.11 Å². The normalized spacial score (nSPS) is 29.1. The first kappa shape index (κ1) is 12.4. The Hall–Kier alpha value is -1.06. The molecule has 1 heterocycles. The number of nitrogens with one attached hydrogen (secondary N) is 1. The zero-order valence-electron chi connectivity index (χ0n) is 10.8.